The second-order valence-corrected chi connectivity index (χ2v) is 4.95. The molecule has 2 aromatic rings. The topological polar surface area (TPSA) is 49.9 Å². The number of nitrogens with one attached hydrogen (secondary N) is 2. The largest absolute Gasteiger partial charge is 0.497 e. The van der Waals surface area contributed by atoms with Crippen molar-refractivity contribution in [2.24, 2.45) is 0 Å². The number of aromatic nitrogens is 2. The van der Waals surface area contributed by atoms with Gasteiger partial charge in [0.1, 0.15) is 11.6 Å². The van der Waals surface area contributed by atoms with Crippen molar-refractivity contribution in [1.82, 2.24) is 15.3 Å². The van der Waals surface area contributed by atoms with Crippen LogP contribution in [-0.2, 0) is 6.42 Å². The Kier molecular flexibility index (Phi) is 3.51. The van der Waals surface area contributed by atoms with Crippen LogP contribution in [0.1, 0.15) is 18.7 Å². The smallest absolute Gasteiger partial charge is 0.119 e. The summed E-state index contributed by atoms with van der Waals surface area (Å²) in [4.78, 5) is 7.80. The maximum atomic E-state index is 5.24. The van der Waals surface area contributed by atoms with Crippen molar-refractivity contribution in [1.29, 1.82) is 0 Å². The van der Waals surface area contributed by atoms with Gasteiger partial charge < -0.3 is 15.0 Å². The SMILES string of the molecule is COc1cccc(-c2cnc(CCNC3CC3)[nH]2)c1. The van der Waals surface area contributed by atoms with E-state index in [1.807, 2.05) is 24.4 Å². The average Bonchev–Trinajstić information content (AvgIpc) is 3.15. The van der Waals surface area contributed by atoms with Gasteiger partial charge in [0.15, 0.2) is 0 Å². The lowest BCUT2D eigenvalue weighted by Gasteiger charge is -2.02. The van der Waals surface area contributed by atoms with Crippen molar-refractivity contribution in [3.8, 4) is 17.0 Å². The first-order valence-corrected chi connectivity index (χ1v) is 6.77. The van der Waals surface area contributed by atoms with Crippen LogP contribution in [0, 0.1) is 0 Å². The predicted molar refractivity (Wildman–Crippen MR) is 75.3 cm³/mol. The van der Waals surface area contributed by atoms with Gasteiger partial charge in [-0.15, -0.1) is 0 Å². The molecule has 0 saturated heterocycles. The Morgan fingerprint density at radius 1 is 1.42 bits per heavy atom. The Morgan fingerprint density at radius 2 is 2.32 bits per heavy atom. The quantitative estimate of drug-likeness (QED) is 0.835. The van der Waals surface area contributed by atoms with Gasteiger partial charge >= 0.3 is 0 Å². The zero-order valence-electron chi connectivity index (χ0n) is 11.1. The number of hydrogen-bond acceptors (Lipinski definition) is 3. The number of imidazole rings is 1. The lowest BCUT2D eigenvalue weighted by atomic mass is 10.1. The summed E-state index contributed by atoms with van der Waals surface area (Å²) >= 11 is 0. The van der Waals surface area contributed by atoms with Gasteiger partial charge in [0, 0.05) is 24.6 Å². The summed E-state index contributed by atoms with van der Waals surface area (Å²) in [7, 11) is 1.68. The minimum Gasteiger partial charge on any atom is -0.497 e. The van der Waals surface area contributed by atoms with E-state index in [1.54, 1.807) is 7.11 Å². The molecule has 0 spiro atoms. The van der Waals surface area contributed by atoms with E-state index >= 15 is 0 Å². The summed E-state index contributed by atoms with van der Waals surface area (Å²) in [6.45, 7) is 0.996. The number of rotatable bonds is 6. The minimum absolute atomic E-state index is 0.757. The van der Waals surface area contributed by atoms with E-state index in [9.17, 15) is 0 Å². The van der Waals surface area contributed by atoms with Crippen LogP contribution in [0.15, 0.2) is 30.5 Å². The van der Waals surface area contributed by atoms with Crippen molar-refractivity contribution in [3.05, 3.63) is 36.3 Å². The fraction of sp³-hybridized carbons (Fsp3) is 0.400. The third kappa shape index (κ3) is 3.15. The van der Waals surface area contributed by atoms with E-state index in [0.29, 0.717) is 0 Å². The highest BCUT2D eigenvalue weighted by atomic mass is 16.5. The van der Waals surface area contributed by atoms with E-state index < -0.39 is 0 Å². The number of ether oxygens (including phenoxy) is 1. The van der Waals surface area contributed by atoms with Crippen LogP contribution >= 0.6 is 0 Å². The molecule has 0 atom stereocenters. The van der Waals surface area contributed by atoms with Crippen molar-refractivity contribution in [2.75, 3.05) is 13.7 Å². The van der Waals surface area contributed by atoms with Crippen LogP contribution in [0.5, 0.6) is 5.75 Å². The Bertz CT molecular complexity index is 546. The molecule has 1 heterocycles. The van der Waals surface area contributed by atoms with Crippen LogP contribution in [-0.4, -0.2) is 29.7 Å². The zero-order valence-corrected chi connectivity index (χ0v) is 11.1. The highest BCUT2D eigenvalue weighted by Gasteiger charge is 2.19. The van der Waals surface area contributed by atoms with Gasteiger partial charge in [0.25, 0.3) is 0 Å². The molecular formula is C15H19N3O. The highest BCUT2D eigenvalue weighted by Crippen LogP contribution is 2.22. The molecule has 2 N–H and O–H groups in total. The third-order valence-electron chi connectivity index (χ3n) is 3.38. The third-order valence-corrected chi connectivity index (χ3v) is 3.38. The highest BCUT2D eigenvalue weighted by molar-refractivity contribution is 5.60. The second kappa shape index (κ2) is 5.45. The molecule has 4 heteroatoms. The first kappa shape index (κ1) is 12.2. The van der Waals surface area contributed by atoms with Crippen LogP contribution in [0.4, 0.5) is 0 Å². The van der Waals surface area contributed by atoms with Gasteiger partial charge in [-0.25, -0.2) is 4.98 Å². The van der Waals surface area contributed by atoms with Crippen molar-refractivity contribution in [3.63, 3.8) is 0 Å². The average molecular weight is 257 g/mol. The number of H-pyrrole nitrogens is 1. The van der Waals surface area contributed by atoms with Gasteiger partial charge in [-0.1, -0.05) is 12.1 Å². The summed E-state index contributed by atoms with van der Waals surface area (Å²) in [6.07, 6.45) is 5.49. The maximum absolute atomic E-state index is 5.24. The standard InChI is InChI=1S/C15H19N3O/c1-19-13-4-2-3-11(9-13)14-10-17-15(18-14)7-8-16-12-5-6-12/h2-4,9-10,12,16H,5-8H2,1H3,(H,17,18). The predicted octanol–water partition coefficient (Wildman–Crippen LogP) is 2.38. The van der Waals surface area contributed by atoms with Crippen LogP contribution in [0.3, 0.4) is 0 Å². The van der Waals surface area contributed by atoms with Crippen LogP contribution < -0.4 is 10.1 Å². The molecule has 4 nitrogen and oxygen atoms in total. The van der Waals surface area contributed by atoms with Crippen molar-refractivity contribution in [2.45, 2.75) is 25.3 Å². The van der Waals surface area contributed by atoms with Crippen molar-refractivity contribution < 1.29 is 4.74 Å². The maximum Gasteiger partial charge on any atom is 0.119 e. The molecule has 19 heavy (non-hydrogen) atoms. The molecule has 1 aliphatic rings. The molecule has 0 unspecified atom stereocenters. The lowest BCUT2D eigenvalue weighted by molar-refractivity contribution is 0.415. The summed E-state index contributed by atoms with van der Waals surface area (Å²) in [6, 6.07) is 8.76. The normalized spacial score (nSPS) is 14.6. The van der Waals surface area contributed by atoms with Gasteiger partial charge in [-0.3, -0.25) is 0 Å². The molecule has 3 rings (SSSR count). The van der Waals surface area contributed by atoms with Crippen molar-refractivity contribution >= 4 is 0 Å². The van der Waals surface area contributed by atoms with E-state index in [-0.39, 0.29) is 0 Å². The van der Waals surface area contributed by atoms with Gasteiger partial charge in [0.2, 0.25) is 0 Å². The molecule has 1 aromatic heterocycles. The Hall–Kier alpha value is -1.81. The molecule has 1 fully saturated rings. The lowest BCUT2D eigenvalue weighted by Crippen LogP contribution is -2.19. The summed E-state index contributed by atoms with van der Waals surface area (Å²) in [5.74, 6) is 1.90. The molecule has 0 bridgehead atoms. The van der Waals surface area contributed by atoms with Gasteiger partial charge in [0.05, 0.1) is 19.0 Å². The Balaban J connectivity index is 1.65. The Labute approximate surface area is 113 Å². The second-order valence-electron chi connectivity index (χ2n) is 4.95. The fourth-order valence-corrected chi connectivity index (χ4v) is 2.11. The monoisotopic (exact) mass is 257 g/mol. The molecule has 1 aliphatic carbocycles. The number of aromatic amines is 1. The van der Waals surface area contributed by atoms with Crippen LogP contribution in [0.2, 0.25) is 0 Å². The Morgan fingerprint density at radius 3 is 3.11 bits per heavy atom. The summed E-state index contributed by atoms with van der Waals surface area (Å²) in [5, 5.41) is 3.49. The van der Waals surface area contributed by atoms with E-state index in [2.05, 4.69) is 21.4 Å². The first-order chi connectivity index (χ1) is 9.35. The molecule has 0 radical (unpaired) electrons. The number of hydrogen-bond donors (Lipinski definition) is 2. The molecule has 100 valence electrons. The van der Waals surface area contributed by atoms with Crippen LogP contribution in [0.25, 0.3) is 11.3 Å². The van der Waals surface area contributed by atoms with E-state index in [4.69, 9.17) is 4.74 Å². The number of methoxy groups -OCH3 is 1. The zero-order chi connectivity index (χ0) is 13.1. The minimum atomic E-state index is 0.757. The van der Waals surface area contributed by atoms with E-state index in [0.717, 1.165) is 41.8 Å². The van der Waals surface area contributed by atoms with E-state index in [1.165, 1.54) is 12.8 Å². The van der Waals surface area contributed by atoms with Gasteiger partial charge in [-0.2, -0.15) is 0 Å². The first-order valence-electron chi connectivity index (χ1n) is 6.77. The molecule has 1 saturated carbocycles. The summed E-state index contributed by atoms with van der Waals surface area (Å²) in [5.41, 5.74) is 2.15. The molecular weight excluding hydrogens is 238 g/mol. The molecule has 0 amide bonds. The molecule has 1 aromatic carbocycles. The number of benzene rings is 1. The van der Waals surface area contributed by atoms with Gasteiger partial charge in [-0.05, 0) is 25.0 Å². The number of nitrogens with zero attached hydrogens (tertiary/aromatic N) is 1. The molecule has 0 aliphatic heterocycles. The summed E-state index contributed by atoms with van der Waals surface area (Å²) < 4.78 is 5.24. The fourth-order valence-electron chi connectivity index (χ4n) is 2.11.